The molecule has 1 amide bonds. The van der Waals surface area contributed by atoms with Gasteiger partial charge < -0.3 is 24.8 Å². The van der Waals surface area contributed by atoms with E-state index >= 15 is 0 Å². The summed E-state index contributed by atoms with van der Waals surface area (Å²) < 4.78 is 15.3. The molecule has 0 radical (unpaired) electrons. The van der Waals surface area contributed by atoms with E-state index in [4.69, 9.17) is 14.2 Å². The van der Waals surface area contributed by atoms with Crippen LogP contribution in [0.1, 0.15) is 17.3 Å². The van der Waals surface area contributed by atoms with Gasteiger partial charge in [0.05, 0.1) is 23.7 Å². The summed E-state index contributed by atoms with van der Waals surface area (Å²) in [6.07, 6.45) is 0. The van der Waals surface area contributed by atoms with Crippen molar-refractivity contribution in [1.29, 1.82) is 0 Å². The number of amides is 1. The highest BCUT2D eigenvalue weighted by atomic mass is 16.6. The molecule has 0 atom stereocenters. The zero-order valence-corrected chi connectivity index (χ0v) is 16.7. The number of non-ortho nitro benzene ring substituents is 1. The Kier molecular flexibility index (Phi) is 8.57. The molecule has 0 aromatic heterocycles. The second kappa shape index (κ2) is 11.4. The molecular formula is C20H23N3O7. The van der Waals surface area contributed by atoms with Gasteiger partial charge in [-0.1, -0.05) is 0 Å². The highest BCUT2D eigenvalue weighted by Gasteiger charge is 2.19. The van der Waals surface area contributed by atoms with Crippen LogP contribution in [-0.2, 0) is 14.3 Å². The lowest BCUT2D eigenvalue weighted by Gasteiger charge is -2.12. The summed E-state index contributed by atoms with van der Waals surface area (Å²) in [6.45, 7) is 2.60. The number of methoxy groups -OCH3 is 1. The summed E-state index contributed by atoms with van der Waals surface area (Å²) >= 11 is 0. The van der Waals surface area contributed by atoms with Gasteiger partial charge in [-0.15, -0.1) is 0 Å². The topological polar surface area (TPSA) is 129 Å². The summed E-state index contributed by atoms with van der Waals surface area (Å²) in [5, 5.41) is 16.6. The number of anilines is 2. The summed E-state index contributed by atoms with van der Waals surface area (Å²) in [5.41, 5.74) is 0.540. The third-order valence-corrected chi connectivity index (χ3v) is 3.84. The fourth-order valence-corrected chi connectivity index (χ4v) is 2.46. The summed E-state index contributed by atoms with van der Waals surface area (Å²) in [5.74, 6) is -0.742. The van der Waals surface area contributed by atoms with Crippen molar-refractivity contribution in [3.05, 3.63) is 58.1 Å². The van der Waals surface area contributed by atoms with Crippen molar-refractivity contribution < 1.29 is 28.7 Å². The van der Waals surface area contributed by atoms with Crippen LogP contribution >= 0.6 is 0 Å². The van der Waals surface area contributed by atoms with Crippen LogP contribution in [0.3, 0.4) is 0 Å². The average Bonchev–Trinajstić information content (AvgIpc) is 2.74. The molecule has 0 heterocycles. The van der Waals surface area contributed by atoms with Crippen molar-refractivity contribution in [2.75, 3.05) is 44.1 Å². The first-order valence-corrected chi connectivity index (χ1v) is 9.15. The SMILES string of the molecule is CCOc1ccc(NC(=O)COC(=O)c2cc([N+](=O)[O-])ccc2NCCOC)cc1. The van der Waals surface area contributed by atoms with Crippen LogP contribution in [-0.4, -0.2) is 50.3 Å². The number of ether oxygens (including phenoxy) is 3. The highest BCUT2D eigenvalue weighted by Crippen LogP contribution is 2.23. The third kappa shape index (κ3) is 6.74. The number of esters is 1. The molecule has 10 heteroatoms. The number of nitro benzene ring substituents is 1. The fraction of sp³-hybridized carbons (Fsp3) is 0.300. The largest absolute Gasteiger partial charge is 0.494 e. The minimum Gasteiger partial charge on any atom is -0.494 e. The molecule has 2 rings (SSSR count). The molecule has 0 saturated heterocycles. The number of nitrogens with one attached hydrogen (secondary N) is 2. The number of nitrogens with zero attached hydrogens (tertiary/aromatic N) is 1. The van der Waals surface area contributed by atoms with Gasteiger partial charge in [-0.25, -0.2) is 4.79 Å². The van der Waals surface area contributed by atoms with E-state index in [2.05, 4.69) is 10.6 Å². The van der Waals surface area contributed by atoms with E-state index in [1.54, 1.807) is 24.3 Å². The average molecular weight is 417 g/mol. The second-order valence-corrected chi connectivity index (χ2v) is 5.99. The zero-order valence-electron chi connectivity index (χ0n) is 16.7. The molecule has 0 spiro atoms. The first-order valence-electron chi connectivity index (χ1n) is 9.15. The van der Waals surface area contributed by atoms with Crippen LogP contribution < -0.4 is 15.4 Å². The van der Waals surface area contributed by atoms with Gasteiger partial charge in [-0.3, -0.25) is 14.9 Å². The summed E-state index contributed by atoms with van der Waals surface area (Å²) in [4.78, 5) is 34.9. The second-order valence-electron chi connectivity index (χ2n) is 5.99. The Morgan fingerprint density at radius 3 is 2.50 bits per heavy atom. The predicted molar refractivity (Wildman–Crippen MR) is 110 cm³/mol. The monoisotopic (exact) mass is 417 g/mol. The van der Waals surface area contributed by atoms with E-state index in [0.29, 0.717) is 36.9 Å². The van der Waals surface area contributed by atoms with E-state index in [1.165, 1.54) is 19.2 Å². The van der Waals surface area contributed by atoms with Gasteiger partial charge in [0, 0.05) is 37.2 Å². The summed E-state index contributed by atoms with van der Waals surface area (Å²) in [6, 6.07) is 10.5. The zero-order chi connectivity index (χ0) is 21.9. The number of benzene rings is 2. The molecule has 0 unspecified atom stereocenters. The maximum atomic E-state index is 12.4. The molecule has 0 bridgehead atoms. The fourth-order valence-electron chi connectivity index (χ4n) is 2.46. The molecule has 10 nitrogen and oxygen atoms in total. The Hall–Kier alpha value is -3.66. The molecule has 160 valence electrons. The maximum Gasteiger partial charge on any atom is 0.341 e. The van der Waals surface area contributed by atoms with Gasteiger partial charge in [0.15, 0.2) is 6.61 Å². The molecule has 2 aromatic carbocycles. The number of carbonyl (C=O) groups excluding carboxylic acids is 2. The van der Waals surface area contributed by atoms with Crippen molar-refractivity contribution in [2.24, 2.45) is 0 Å². The molecule has 0 aliphatic rings. The summed E-state index contributed by atoms with van der Waals surface area (Å²) in [7, 11) is 1.52. The third-order valence-electron chi connectivity index (χ3n) is 3.84. The first kappa shape index (κ1) is 22.6. The Bertz CT molecular complexity index is 884. The number of rotatable bonds is 11. The quantitative estimate of drug-likeness (QED) is 0.247. The van der Waals surface area contributed by atoms with Crippen LogP contribution in [0.4, 0.5) is 17.1 Å². The Labute approximate surface area is 173 Å². The lowest BCUT2D eigenvalue weighted by molar-refractivity contribution is -0.384. The molecular weight excluding hydrogens is 394 g/mol. The minimum atomic E-state index is -0.861. The van der Waals surface area contributed by atoms with E-state index in [1.807, 2.05) is 6.92 Å². The van der Waals surface area contributed by atoms with Gasteiger partial charge in [0.1, 0.15) is 5.75 Å². The van der Waals surface area contributed by atoms with Crippen molar-refractivity contribution in [1.82, 2.24) is 0 Å². The van der Waals surface area contributed by atoms with Crippen molar-refractivity contribution in [3.63, 3.8) is 0 Å². The minimum absolute atomic E-state index is 0.0471. The van der Waals surface area contributed by atoms with Gasteiger partial charge in [0.25, 0.3) is 11.6 Å². The number of hydrogen-bond donors (Lipinski definition) is 2. The molecule has 2 N–H and O–H groups in total. The van der Waals surface area contributed by atoms with Gasteiger partial charge in [-0.05, 0) is 37.3 Å². The molecule has 30 heavy (non-hydrogen) atoms. The normalized spacial score (nSPS) is 10.2. The van der Waals surface area contributed by atoms with E-state index in [-0.39, 0.29) is 11.3 Å². The van der Waals surface area contributed by atoms with E-state index in [0.717, 1.165) is 6.07 Å². The Morgan fingerprint density at radius 1 is 1.13 bits per heavy atom. The maximum absolute atomic E-state index is 12.4. The number of hydrogen-bond acceptors (Lipinski definition) is 8. The standard InChI is InChI=1S/C20H23N3O7/c1-3-29-16-7-4-14(5-8-16)22-19(24)13-30-20(25)17-12-15(23(26)27)6-9-18(17)21-10-11-28-2/h4-9,12,21H,3,10-11,13H2,1-2H3,(H,22,24). The Morgan fingerprint density at radius 2 is 1.87 bits per heavy atom. The van der Waals surface area contributed by atoms with Gasteiger partial charge >= 0.3 is 5.97 Å². The molecule has 0 saturated carbocycles. The lowest BCUT2D eigenvalue weighted by atomic mass is 10.1. The van der Waals surface area contributed by atoms with E-state index < -0.39 is 23.4 Å². The predicted octanol–water partition coefficient (Wildman–Crippen LogP) is 2.85. The van der Waals surface area contributed by atoms with Crippen LogP contribution in [0.15, 0.2) is 42.5 Å². The lowest BCUT2D eigenvalue weighted by Crippen LogP contribution is -2.21. The van der Waals surface area contributed by atoms with Crippen molar-refractivity contribution in [2.45, 2.75) is 6.92 Å². The van der Waals surface area contributed by atoms with Crippen LogP contribution in [0.2, 0.25) is 0 Å². The number of nitro groups is 1. The molecule has 0 aliphatic heterocycles. The smallest absolute Gasteiger partial charge is 0.341 e. The van der Waals surface area contributed by atoms with E-state index in [9.17, 15) is 19.7 Å². The first-order chi connectivity index (χ1) is 14.4. The van der Waals surface area contributed by atoms with Gasteiger partial charge in [0.2, 0.25) is 0 Å². The Balaban J connectivity index is 2.00. The van der Waals surface area contributed by atoms with Gasteiger partial charge in [-0.2, -0.15) is 0 Å². The highest BCUT2D eigenvalue weighted by molar-refractivity contribution is 5.99. The van der Waals surface area contributed by atoms with Crippen molar-refractivity contribution in [3.8, 4) is 5.75 Å². The van der Waals surface area contributed by atoms with Crippen molar-refractivity contribution >= 4 is 28.9 Å². The molecule has 0 aliphatic carbocycles. The van der Waals surface area contributed by atoms with Crippen LogP contribution in [0.5, 0.6) is 5.75 Å². The van der Waals surface area contributed by atoms with Crippen LogP contribution in [0, 0.1) is 10.1 Å². The molecule has 2 aromatic rings. The van der Waals surface area contributed by atoms with Crippen LogP contribution in [0.25, 0.3) is 0 Å². The molecule has 0 fully saturated rings. The number of carbonyl (C=O) groups is 2.